The molecule has 0 aromatic heterocycles. The second-order valence-corrected chi connectivity index (χ2v) is 12.3. The molecule has 0 saturated heterocycles. The van der Waals surface area contributed by atoms with Gasteiger partial charge in [0.1, 0.15) is 5.75 Å². The molecule has 5 rings (SSSR count). The summed E-state index contributed by atoms with van der Waals surface area (Å²) in [5.74, 6) is 0.107. The Morgan fingerprint density at radius 1 is 0.867 bits per heavy atom. The SMILES string of the molecule is COc1ccc(S(=O)(=O)N(CC(=O)N2CC(C(=O)NCCc3ccccc3)Oc3ccccc32)Cc2ccccc2)cc1OC. The standard InChI is InChI=1S/C34H35N3O7S/c1-42-30-18-17-27(21-31(30)43-2)45(40,41)36(22-26-13-7-4-8-14-26)24-33(38)37-23-32(44-29-16-10-9-15-28(29)37)34(39)35-20-19-25-11-5-3-6-12-25/h3-18,21,32H,19-20,22-24H2,1-2H3,(H,35,39). The molecule has 1 heterocycles. The fourth-order valence-corrected chi connectivity index (χ4v) is 6.46. The molecule has 0 aliphatic carbocycles. The third kappa shape index (κ3) is 7.44. The van der Waals surface area contributed by atoms with E-state index in [-0.39, 0.29) is 29.6 Å². The van der Waals surface area contributed by atoms with Crippen LogP contribution in [0, 0.1) is 0 Å². The number of sulfonamides is 1. The first-order valence-electron chi connectivity index (χ1n) is 14.4. The first kappa shape index (κ1) is 31.6. The van der Waals surface area contributed by atoms with Crippen LogP contribution in [0.1, 0.15) is 11.1 Å². The van der Waals surface area contributed by atoms with Crippen molar-refractivity contribution in [2.45, 2.75) is 24.0 Å². The predicted molar refractivity (Wildman–Crippen MR) is 170 cm³/mol. The number of hydrogen-bond acceptors (Lipinski definition) is 7. The Hall–Kier alpha value is -4.87. The number of hydrogen-bond donors (Lipinski definition) is 1. The van der Waals surface area contributed by atoms with Crippen molar-refractivity contribution < 1.29 is 32.2 Å². The highest BCUT2D eigenvalue weighted by Crippen LogP contribution is 2.34. The minimum absolute atomic E-state index is 0.0538. The van der Waals surface area contributed by atoms with Gasteiger partial charge in [0.25, 0.3) is 5.91 Å². The molecule has 0 radical (unpaired) electrons. The maximum Gasteiger partial charge on any atom is 0.262 e. The number of para-hydroxylation sites is 2. The van der Waals surface area contributed by atoms with Crippen LogP contribution in [0.3, 0.4) is 0 Å². The van der Waals surface area contributed by atoms with Gasteiger partial charge in [-0.3, -0.25) is 9.59 Å². The Kier molecular flexibility index (Phi) is 10.0. The largest absolute Gasteiger partial charge is 0.493 e. The van der Waals surface area contributed by atoms with Crippen molar-refractivity contribution in [3.8, 4) is 17.2 Å². The van der Waals surface area contributed by atoms with Crippen LogP contribution < -0.4 is 24.4 Å². The molecule has 1 unspecified atom stereocenters. The molecule has 1 N–H and O–H groups in total. The van der Waals surface area contributed by atoms with Crippen molar-refractivity contribution in [1.82, 2.24) is 9.62 Å². The van der Waals surface area contributed by atoms with Gasteiger partial charge in [-0.1, -0.05) is 72.8 Å². The lowest BCUT2D eigenvalue weighted by molar-refractivity contribution is -0.128. The summed E-state index contributed by atoms with van der Waals surface area (Å²) in [4.78, 5) is 28.6. The number of nitrogens with zero attached hydrogens (tertiary/aromatic N) is 2. The highest BCUT2D eigenvalue weighted by molar-refractivity contribution is 7.89. The van der Waals surface area contributed by atoms with Crippen molar-refractivity contribution in [3.05, 3.63) is 114 Å². The predicted octanol–water partition coefficient (Wildman–Crippen LogP) is 4.05. The van der Waals surface area contributed by atoms with Gasteiger partial charge < -0.3 is 24.4 Å². The van der Waals surface area contributed by atoms with Crippen LogP contribution in [0.2, 0.25) is 0 Å². The van der Waals surface area contributed by atoms with Crippen LogP contribution in [0.4, 0.5) is 5.69 Å². The summed E-state index contributed by atoms with van der Waals surface area (Å²) in [6, 6.07) is 30.0. The molecule has 0 bridgehead atoms. The molecule has 1 aliphatic rings. The van der Waals surface area contributed by atoms with Gasteiger partial charge in [0.05, 0.1) is 37.9 Å². The maximum atomic E-state index is 14.0. The number of nitrogens with one attached hydrogen (secondary N) is 1. The van der Waals surface area contributed by atoms with Crippen LogP contribution >= 0.6 is 0 Å². The summed E-state index contributed by atoms with van der Waals surface area (Å²) in [6.45, 7) is -0.226. The van der Waals surface area contributed by atoms with Gasteiger partial charge >= 0.3 is 0 Å². The zero-order valence-electron chi connectivity index (χ0n) is 25.1. The highest BCUT2D eigenvalue weighted by Gasteiger charge is 2.36. The Morgan fingerprint density at radius 3 is 2.20 bits per heavy atom. The second kappa shape index (κ2) is 14.3. The lowest BCUT2D eigenvalue weighted by atomic mass is 10.1. The minimum atomic E-state index is -4.20. The summed E-state index contributed by atoms with van der Waals surface area (Å²) in [6.07, 6.45) is -0.342. The summed E-state index contributed by atoms with van der Waals surface area (Å²) < 4.78 is 45.8. The van der Waals surface area contributed by atoms with E-state index < -0.39 is 28.6 Å². The number of rotatable bonds is 12. The quantitative estimate of drug-likeness (QED) is 0.252. The van der Waals surface area contributed by atoms with E-state index in [2.05, 4.69) is 5.32 Å². The van der Waals surface area contributed by atoms with E-state index in [9.17, 15) is 18.0 Å². The molecule has 11 heteroatoms. The number of amides is 2. The lowest BCUT2D eigenvalue weighted by Gasteiger charge is -2.35. The number of methoxy groups -OCH3 is 2. The fraction of sp³-hybridized carbons (Fsp3) is 0.235. The molecular weight excluding hydrogens is 594 g/mol. The molecule has 0 spiro atoms. The Balaban J connectivity index is 1.39. The first-order valence-corrected chi connectivity index (χ1v) is 15.9. The molecule has 4 aromatic carbocycles. The van der Waals surface area contributed by atoms with E-state index in [4.69, 9.17) is 14.2 Å². The molecule has 1 aliphatic heterocycles. The number of carbonyl (C=O) groups is 2. The summed E-state index contributed by atoms with van der Waals surface area (Å²) in [5, 5.41) is 2.90. The number of carbonyl (C=O) groups excluding carboxylic acids is 2. The Bertz CT molecular complexity index is 1730. The van der Waals surface area contributed by atoms with E-state index in [1.807, 2.05) is 36.4 Å². The highest BCUT2D eigenvalue weighted by atomic mass is 32.2. The van der Waals surface area contributed by atoms with Crippen LogP contribution in [0.5, 0.6) is 17.2 Å². The normalized spacial score (nSPS) is 14.3. The molecule has 45 heavy (non-hydrogen) atoms. The Morgan fingerprint density at radius 2 is 1.51 bits per heavy atom. The van der Waals surface area contributed by atoms with E-state index in [0.717, 1.165) is 9.87 Å². The molecule has 234 valence electrons. The molecule has 0 fully saturated rings. The van der Waals surface area contributed by atoms with Crippen LogP contribution in [0.15, 0.2) is 108 Å². The molecule has 2 amide bonds. The number of anilines is 1. The maximum absolute atomic E-state index is 14.0. The third-order valence-corrected chi connectivity index (χ3v) is 9.22. The van der Waals surface area contributed by atoms with E-state index in [1.54, 1.807) is 48.5 Å². The van der Waals surface area contributed by atoms with Gasteiger partial charge in [0.2, 0.25) is 15.9 Å². The number of ether oxygens (including phenoxy) is 3. The van der Waals surface area contributed by atoms with Crippen molar-refractivity contribution in [1.29, 1.82) is 0 Å². The van der Waals surface area contributed by atoms with Gasteiger partial charge in [0, 0.05) is 19.2 Å². The number of benzene rings is 4. The van der Waals surface area contributed by atoms with Gasteiger partial charge in [-0.15, -0.1) is 0 Å². The lowest BCUT2D eigenvalue weighted by Crippen LogP contribution is -2.53. The van der Waals surface area contributed by atoms with Gasteiger partial charge in [-0.05, 0) is 41.8 Å². The number of fused-ring (bicyclic) bond motifs is 1. The van der Waals surface area contributed by atoms with Gasteiger partial charge in [-0.2, -0.15) is 4.31 Å². The van der Waals surface area contributed by atoms with E-state index >= 15 is 0 Å². The molecule has 0 saturated carbocycles. The van der Waals surface area contributed by atoms with Crippen molar-refractivity contribution in [3.63, 3.8) is 0 Å². The average Bonchev–Trinajstić information content (AvgIpc) is 3.07. The van der Waals surface area contributed by atoms with Gasteiger partial charge in [-0.25, -0.2) is 8.42 Å². The summed E-state index contributed by atoms with van der Waals surface area (Å²) in [7, 11) is -1.31. The van der Waals surface area contributed by atoms with Crippen LogP contribution in [0.25, 0.3) is 0 Å². The second-order valence-electron chi connectivity index (χ2n) is 10.4. The zero-order chi connectivity index (χ0) is 31.8. The molecule has 10 nitrogen and oxygen atoms in total. The molecule has 1 atom stereocenters. The van der Waals surface area contributed by atoms with E-state index in [0.29, 0.717) is 35.7 Å². The topological polar surface area (TPSA) is 114 Å². The Labute approximate surface area is 263 Å². The van der Waals surface area contributed by atoms with E-state index in [1.165, 1.54) is 37.3 Å². The molecule has 4 aromatic rings. The van der Waals surface area contributed by atoms with Crippen LogP contribution in [-0.4, -0.2) is 64.5 Å². The smallest absolute Gasteiger partial charge is 0.262 e. The van der Waals surface area contributed by atoms with Crippen molar-refractivity contribution in [2.24, 2.45) is 0 Å². The fourth-order valence-electron chi connectivity index (χ4n) is 5.07. The summed E-state index contributed by atoms with van der Waals surface area (Å²) in [5.41, 5.74) is 2.24. The van der Waals surface area contributed by atoms with Crippen molar-refractivity contribution in [2.75, 3.05) is 38.8 Å². The third-order valence-electron chi connectivity index (χ3n) is 7.43. The minimum Gasteiger partial charge on any atom is -0.493 e. The molecular formula is C34H35N3O7S. The van der Waals surface area contributed by atoms with Gasteiger partial charge in [0.15, 0.2) is 17.6 Å². The van der Waals surface area contributed by atoms with Crippen LogP contribution in [-0.2, 0) is 32.6 Å². The average molecular weight is 630 g/mol. The first-order chi connectivity index (χ1) is 21.8. The monoisotopic (exact) mass is 629 g/mol. The zero-order valence-corrected chi connectivity index (χ0v) is 25.9. The van der Waals surface area contributed by atoms with Crippen molar-refractivity contribution >= 4 is 27.5 Å². The summed E-state index contributed by atoms with van der Waals surface area (Å²) >= 11 is 0.